The van der Waals surface area contributed by atoms with Crippen molar-refractivity contribution in [2.45, 2.75) is 32.4 Å². The number of aryl methyl sites for hydroxylation is 1. The Balaban J connectivity index is 2.13. The molecule has 1 fully saturated rings. The van der Waals surface area contributed by atoms with Crippen molar-refractivity contribution in [2.24, 2.45) is 0 Å². The Labute approximate surface area is 134 Å². The van der Waals surface area contributed by atoms with Crippen LogP contribution in [0, 0.1) is 6.92 Å². The van der Waals surface area contributed by atoms with Gasteiger partial charge in [-0.2, -0.15) is 0 Å². The Morgan fingerprint density at radius 2 is 1.91 bits per heavy atom. The van der Waals surface area contributed by atoms with Crippen LogP contribution in [0.5, 0.6) is 0 Å². The van der Waals surface area contributed by atoms with Crippen LogP contribution in [-0.2, 0) is 16.6 Å². The summed E-state index contributed by atoms with van der Waals surface area (Å²) >= 11 is 0. The van der Waals surface area contributed by atoms with E-state index in [-0.39, 0.29) is 0 Å². The summed E-state index contributed by atoms with van der Waals surface area (Å²) in [5.41, 5.74) is 3.35. The first-order valence-corrected chi connectivity index (χ1v) is 9.61. The molecule has 22 heavy (non-hydrogen) atoms. The monoisotopic (exact) mass is 325 g/mol. The summed E-state index contributed by atoms with van der Waals surface area (Å²) in [5, 5.41) is 0. The third-order valence-electron chi connectivity index (χ3n) is 4.30. The zero-order valence-electron chi connectivity index (χ0n) is 14.0. The number of benzene rings is 1. The lowest BCUT2D eigenvalue weighted by molar-refractivity contribution is 0.249. The van der Waals surface area contributed by atoms with Crippen molar-refractivity contribution in [2.75, 3.05) is 38.3 Å². The van der Waals surface area contributed by atoms with E-state index in [0.29, 0.717) is 12.6 Å². The van der Waals surface area contributed by atoms with E-state index in [1.165, 1.54) is 6.26 Å². The third-order valence-corrected chi connectivity index (χ3v) is 4.96. The number of nitrogens with zero attached hydrogens (tertiary/aromatic N) is 2. The second-order valence-corrected chi connectivity index (χ2v) is 8.24. The third kappa shape index (κ3) is 4.69. The van der Waals surface area contributed by atoms with Gasteiger partial charge in [0.2, 0.25) is 10.0 Å². The molecule has 0 aromatic heterocycles. The van der Waals surface area contributed by atoms with E-state index in [1.807, 2.05) is 6.92 Å². The van der Waals surface area contributed by atoms with Gasteiger partial charge < -0.3 is 9.80 Å². The topological polar surface area (TPSA) is 52.6 Å². The zero-order valence-corrected chi connectivity index (χ0v) is 14.8. The predicted octanol–water partition coefficient (Wildman–Crippen LogP) is 1.57. The van der Waals surface area contributed by atoms with Crippen molar-refractivity contribution in [3.63, 3.8) is 0 Å². The Bertz CT molecular complexity index is 606. The van der Waals surface area contributed by atoms with Crippen LogP contribution in [-0.4, -0.2) is 52.8 Å². The minimum atomic E-state index is -3.18. The van der Waals surface area contributed by atoms with Crippen molar-refractivity contribution < 1.29 is 8.42 Å². The Morgan fingerprint density at radius 1 is 1.27 bits per heavy atom. The molecule has 1 aliphatic heterocycles. The summed E-state index contributed by atoms with van der Waals surface area (Å²) < 4.78 is 25.3. The zero-order chi connectivity index (χ0) is 16.3. The number of hydrogen-bond acceptors (Lipinski definition) is 4. The van der Waals surface area contributed by atoms with E-state index in [9.17, 15) is 8.42 Å². The van der Waals surface area contributed by atoms with Crippen LogP contribution in [0.3, 0.4) is 0 Å². The van der Waals surface area contributed by atoms with Crippen LogP contribution in [0.4, 0.5) is 5.69 Å². The SMILES string of the molecule is Cc1ccc(N2CCC(N(C)C)CC2)c(CNS(C)(=O)=O)c1. The summed E-state index contributed by atoms with van der Waals surface area (Å²) in [4.78, 5) is 4.66. The molecule has 0 saturated carbocycles. The molecule has 0 aliphatic carbocycles. The maximum Gasteiger partial charge on any atom is 0.209 e. The molecular formula is C16H27N3O2S. The van der Waals surface area contributed by atoms with Crippen molar-refractivity contribution in [1.29, 1.82) is 0 Å². The summed E-state index contributed by atoms with van der Waals surface area (Å²) in [6, 6.07) is 6.92. The fourth-order valence-electron chi connectivity index (χ4n) is 3.00. The highest BCUT2D eigenvalue weighted by Crippen LogP contribution is 2.26. The Kier molecular flexibility index (Phi) is 5.47. The molecule has 124 valence electrons. The van der Waals surface area contributed by atoms with Crippen molar-refractivity contribution in [1.82, 2.24) is 9.62 Å². The van der Waals surface area contributed by atoms with Crippen LogP contribution in [0.25, 0.3) is 0 Å². The largest absolute Gasteiger partial charge is 0.371 e. The molecule has 1 aromatic rings. The highest BCUT2D eigenvalue weighted by molar-refractivity contribution is 7.88. The molecule has 1 saturated heterocycles. The minimum Gasteiger partial charge on any atom is -0.371 e. The first-order chi connectivity index (χ1) is 10.3. The lowest BCUT2D eigenvalue weighted by atomic mass is 10.0. The molecule has 0 atom stereocenters. The second-order valence-electron chi connectivity index (χ2n) is 6.41. The van der Waals surface area contributed by atoms with E-state index in [2.05, 4.69) is 46.8 Å². The van der Waals surface area contributed by atoms with E-state index in [0.717, 1.165) is 42.7 Å². The van der Waals surface area contributed by atoms with Crippen LogP contribution in [0.15, 0.2) is 18.2 Å². The molecule has 1 aliphatic rings. The standard InChI is InChI=1S/C16H27N3O2S/c1-13-5-6-16(14(11-13)12-17-22(4,20)21)19-9-7-15(8-10-19)18(2)3/h5-6,11,15,17H,7-10,12H2,1-4H3. The van der Waals surface area contributed by atoms with Gasteiger partial charge in [-0.05, 0) is 45.5 Å². The normalized spacial score (nSPS) is 17.2. The summed E-state index contributed by atoms with van der Waals surface area (Å²) in [5.74, 6) is 0. The van der Waals surface area contributed by atoms with Crippen molar-refractivity contribution in [3.05, 3.63) is 29.3 Å². The molecule has 5 nitrogen and oxygen atoms in total. The van der Waals surface area contributed by atoms with Gasteiger partial charge in [0.1, 0.15) is 0 Å². The first-order valence-electron chi connectivity index (χ1n) is 7.72. The number of anilines is 1. The van der Waals surface area contributed by atoms with Gasteiger partial charge >= 0.3 is 0 Å². The summed E-state index contributed by atoms with van der Waals surface area (Å²) in [7, 11) is 1.09. The molecular weight excluding hydrogens is 298 g/mol. The van der Waals surface area contributed by atoms with Gasteiger partial charge in [0.05, 0.1) is 6.26 Å². The number of piperidine rings is 1. The number of rotatable bonds is 5. The number of nitrogens with one attached hydrogen (secondary N) is 1. The van der Waals surface area contributed by atoms with Crippen molar-refractivity contribution in [3.8, 4) is 0 Å². The maximum atomic E-state index is 11.4. The van der Waals surface area contributed by atoms with Gasteiger partial charge in [0.25, 0.3) is 0 Å². The van der Waals surface area contributed by atoms with Crippen molar-refractivity contribution >= 4 is 15.7 Å². The fraction of sp³-hybridized carbons (Fsp3) is 0.625. The van der Waals surface area contributed by atoms with E-state index < -0.39 is 10.0 Å². The first kappa shape index (κ1) is 17.2. The lowest BCUT2D eigenvalue weighted by Crippen LogP contribution is -2.42. The fourth-order valence-corrected chi connectivity index (χ4v) is 3.41. The van der Waals surface area contributed by atoms with E-state index in [4.69, 9.17) is 0 Å². The second kappa shape index (κ2) is 6.98. The predicted molar refractivity (Wildman–Crippen MR) is 91.8 cm³/mol. The molecule has 0 radical (unpaired) electrons. The smallest absolute Gasteiger partial charge is 0.209 e. The highest BCUT2D eigenvalue weighted by atomic mass is 32.2. The van der Waals surface area contributed by atoms with Gasteiger partial charge in [-0.25, -0.2) is 13.1 Å². The van der Waals surface area contributed by atoms with Crippen LogP contribution < -0.4 is 9.62 Å². The van der Waals surface area contributed by atoms with Gasteiger partial charge in [-0.15, -0.1) is 0 Å². The molecule has 0 spiro atoms. The van der Waals surface area contributed by atoms with E-state index >= 15 is 0 Å². The Morgan fingerprint density at radius 3 is 2.45 bits per heavy atom. The summed E-state index contributed by atoms with van der Waals surface area (Å²) in [6.45, 7) is 4.41. The van der Waals surface area contributed by atoms with Gasteiger partial charge in [0.15, 0.2) is 0 Å². The number of hydrogen-bond donors (Lipinski definition) is 1. The average Bonchev–Trinajstić information content (AvgIpc) is 2.44. The van der Waals surface area contributed by atoms with Gasteiger partial charge in [0, 0.05) is 31.4 Å². The maximum absolute atomic E-state index is 11.4. The molecule has 1 aromatic carbocycles. The van der Waals surface area contributed by atoms with Gasteiger partial charge in [-0.3, -0.25) is 0 Å². The van der Waals surface area contributed by atoms with Crippen LogP contribution in [0.1, 0.15) is 24.0 Å². The lowest BCUT2D eigenvalue weighted by Gasteiger charge is -2.37. The minimum absolute atomic E-state index is 0.351. The molecule has 0 amide bonds. The molecule has 1 N–H and O–H groups in total. The number of sulfonamides is 1. The quantitative estimate of drug-likeness (QED) is 0.893. The molecule has 2 rings (SSSR count). The van der Waals surface area contributed by atoms with Gasteiger partial charge in [-0.1, -0.05) is 17.7 Å². The Hall–Kier alpha value is -1.11. The van der Waals surface area contributed by atoms with Crippen LogP contribution >= 0.6 is 0 Å². The van der Waals surface area contributed by atoms with E-state index in [1.54, 1.807) is 0 Å². The molecule has 0 unspecified atom stereocenters. The molecule has 1 heterocycles. The highest BCUT2D eigenvalue weighted by Gasteiger charge is 2.22. The molecule has 6 heteroatoms. The average molecular weight is 325 g/mol. The molecule has 0 bridgehead atoms. The summed E-state index contributed by atoms with van der Waals surface area (Å²) in [6.07, 6.45) is 3.48. The van der Waals surface area contributed by atoms with Crippen LogP contribution in [0.2, 0.25) is 0 Å².